The largest absolute Gasteiger partial charge is 0.285 e. The molecule has 6 radical (unpaired) electrons. The third-order valence-corrected chi connectivity index (χ3v) is 8.04. The van der Waals surface area contributed by atoms with Gasteiger partial charge in [-0.1, -0.05) is 0 Å². The molecule has 0 aromatic heterocycles. The highest BCUT2D eigenvalue weighted by Gasteiger charge is 2.16. The lowest BCUT2D eigenvalue weighted by Gasteiger charge is -1.89. The van der Waals surface area contributed by atoms with Crippen molar-refractivity contribution < 1.29 is 77.8 Å². The van der Waals surface area contributed by atoms with Gasteiger partial charge in [-0.05, 0) is 0 Å². The average molecular weight is 582 g/mol. The van der Waals surface area contributed by atoms with Crippen molar-refractivity contribution in [3.05, 3.63) is 0 Å². The van der Waals surface area contributed by atoms with E-state index in [4.69, 9.17) is 27.3 Å². The summed E-state index contributed by atoms with van der Waals surface area (Å²) >= 11 is 0. The van der Waals surface area contributed by atoms with Crippen molar-refractivity contribution >= 4 is 95.4 Å². The first-order chi connectivity index (χ1) is 11.1. The quantitative estimate of drug-likeness (QED) is 0.127. The van der Waals surface area contributed by atoms with E-state index >= 15 is 0 Å². The zero-order valence-electron chi connectivity index (χ0n) is 13.3. The van der Waals surface area contributed by atoms with Crippen LogP contribution in [0.15, 0.2) is 0 Å². The Hall–Kier alpha value is 0.525. The smallest absolute Gasteiger partial charge is 0.281 e. The minimum Gasteiger partial charge on any atom is -0.285 e. The molecule has 29 heavy (non-hydrogen) atoms. The van der Waals surface area contributed by atoms with Gasteiger partial charge in [-0.15, -0.1) is 0 Å². The third-order valence-electron chi connectivity index (χ3n) is 0.894. The fraction of sp³-hybridized carbons (Fsp3) is 1.00. The monoisotopic (exact) mass is 582 g/mol. The molecule has 0 fully saturated rings. The molecule has 0 spiro atoms. The summed E-state index contributed by atoms with van der Waals surface area (Å²) in [5.41, 5.74) is 0. The van der Waals surface area contributed by atoms with Crippen LogP contribution in [0.25, 0.3) is 0 Å². The molecule has 0 bridgehead atoms. The van der Waals surface area contributed by atoms with Crippen LogP contribution in [0, 0.1) is 0 Å². The first-order valence-electron chi connectivity index (χ1n) is 4.83. The fourth-order valence-electron chi connectivity index (χ4n) is 0.565. The Bertz CT molecular complexity index is 866. The highest BCUT2D eigenvalue weighted by atomic mass is 32.3. The van der Waals surface area contributed by atoms with E-state index < -0.39 is 76.0 Å². The Morgan fingerprint density at radius 3 is 0.379 bits per heavy atom. The predicted molar refractivity (Wildman–Crippen MR) is 95.4 cm³/mol. The van der Waals surface area contributed by atoms with Gasteiger partial charge in [0, 0.05) is 34.7 Å². The SMILES string of the molecule is O=S(=O)(O)CS(=O)(=O)O.O=S(=O)(O)CS(=O)(=O)O.O=S(=O)(O)CS(=O)(=O)O.[Al].[Al]. The van der Waals surface area contributed by atoms with Crippen molar-refractivity contribution in [2.24, 2.45) is 0 Å². The highest BCUT2D eigenvalue weighted by Crippen LogP contribution is 1.89. The second kappa shape index (κ2) is 13.8. The van der Waals surface area contributed by atoms with Crippen molar-refractivity contribution in [2.75, 3.05) is 15.3 Å². The Morgan fingerprint density at radius 1 is 0.310 bits per heavy atom. The van der Waals surface area contributed by atoms with E-state index in [-0.39, 0.29) is 34.7 Å². The van der Waals surface area contributed by atoms with Gasteiger partial charge in [-0.3, -0.25) is 27.3 Å². The Labute approximate surface area is 187 Å². The lowest BCUT2D eigenvalue weighted by Crippen LogP contribution is -2.13. The standard InChI is InChI=1S/3CH4O6S2.2Al/c3*2-8(3,4)1-9(5,6)7;;/h3*1H2,(H,2,3,4)(H,5,6,7);;. The summed E-state index contributed by atoms with van der Waals surface area (Å²) in [6, 6.07) is 0. The van der Waals surface area contributed by atoms with Crippen LogP contribution in [0.1, 0.15) is 0 Å². The molecule has 0 atom stereocenters. The maximum absolute atomic E-state index is 9.66. The van der Waals surface area contributed by atoms with Crippen LogP contribution >= 0.6 is 0 Å². The summed E-state index contributed by atoms with van der Waals surface area (Å²) in [6.07, 6.45) is 0. The van der Waals surface area contributed by atoms with Gasteiger partial charge in [0.15, 0.2) is 0 Å². The first kappa shape index (κ1) is 39.9. The summed E-state index contributed by atoms with van der Waals surface area (Å²) < 4.78 is 163. The van der Waals surface area contributed by atoms with E-state index in [0.29, 0.717) is 0 Å². The van der Waals surface area contributed by atoms with Crippen molar-refractivity contribution in [1.82, 2.24) is 0 Å². The Morgan fingerprint density at radius 2 is 0.379 bits per heavy atom. The molecule has 0 aromatic rings. The number of hydrogen-bond acceptors (Lipinski definition) is 12. The van der Waals surface area contributed by atoms with Crippen molar-refractivity contribution in [2.45, 2.75) is 0 Å². The molecule has 18 nitrogen and oxygen atoms in total. The maximum atomic E-state index is 9.66. The molecule has 0 aliphatic heterocycles. The maximum Gasteiger partial charge on any atom is 0.281 e. The summed E-state index contributed by atoms with van der Waals surface area (Å²) in [7, 11) is -27.7. The molecule has 0 amide bonds. The van der Waals surface area contributed by atoms with E-state index in [0.717, 1.165) is 0 Å². The van der Waals surface area contributed by atoms with E-state index in [2.05, 4.69) is 0 Å². The zero-order valence-corrected chi connectivity index (χ0v) is 20.5. The van der Waals surface area contributed by atoms with Crippen molar-refractivity contribution in [3.63, 3.8) is 0 Å². The third kappa shape index (κ3) is 58.5. The predicted octanol–water partition coefficient (Wildman–Crippen LogP) is -4.60. The molecule has 0 heterocycles. The summed E-state index contributed by atoms with van der Waals surface area (Å²) in [4.78, 5) is 0. The van der Waals surface area contributed by atoms with Gasteiger partial charge in [0.25, 0.3) is 60.7 Å². The molecule has 26 heteroatoms. The molecule has 0 saturated heterocycles. The van der Waals surface area contributed by atoms with Crippen molar-refractivity contribution in [3.8, 4) is 0 Å². The second-order valence-corrected chi connectivity index (χ2v) is 13.7. The van der Waals surface area contributed by atoms with Crippen LogP contribution in [0.2, 0.25) is 0 Å². The molecule has 0 aliphatic carbocycles. The molecule has 6 N–H and O–H groups in total. The minimum absolute atomic E-state index is 0. The highest BCUT2D eigenvalue weighted by molar-refractivity contribution is 8.03. The van der Waals surface area contributed by atoms with Gasteiger partial charge in [-0.2, -0.15) is 50.5 Å². The van der Waals surface area contributed by atoms with Crippen molar-refractivity contribution in [1.29, 1.82) is 0 Å². The van der Waals surface area contributed by atoms with Crippen LogP contribution in [-0.4, -0.2) is 128 Å². The molecule has 174 valence electrons. The minimum atomic E-state index is -4.62. The second-order valence-electron chi connectivity index (χ2n) is 3.85. The summed E-state index contributed by atoms with van der Waals surface area (Å²) in [5.74, 6) is 0. The Balaban J connectivity index is -0.0000000960. The van der Waals surface area contributed by atoms with Crippen LogP contribution in [0.5, 0.6) is 0 Å². The molecule has 0 saturated carbocycles. The molecular formula is C3H12Al2O18S6. The van der Waals surface area contributed by atoms with E-state index in [1.807, 2.05) is 0 Å². The summed E-state index contributed by atoms with van der Waals surface area (Å²) in [5, 5.41) is -4.96. The van der Waals surface area contributed by atoms with Gasteiger partial charge < -0.3 is 0 Å². The van der Waals surface area contributed by atoms with Crippen LogP contribution in [-0.2, 0) is 60.7 Å². The first-order valence-corrected chi connectivity index (χ1v) is 14.5. The van der Waals surface area contributed by atoms with Crippen LogP contribution in [0.3, 0.4) is 0 Å². The fourth-order valence-corrected chi connectivity index (χ4v) is 5.08. The summed E-state index contributed by atoms with van der Waals surface area (Å²) in [6.45, 7) is 0. The topological polar surface area (TPSA) is 326 Å². The van der Waals surface area contributed by atoms with Gasteiger partial charge >= 0.3 is 0 Å². The van der Waals surface area contributed by atoms with Gasteiger partial charge in [-0.25, -0.2) is 0 Å². The lowest BCUT2D eigenvalue weighted by atomic mass is 11.9. The molecule has 0 rings (SSSR count). The lowest BCUT2D eigenvalue weighted by molar-refractivity contribution is 0.467. The molecule has 0 aromatic carbocycles. The number of hydrogen-bond donors (Lipinski definition) is 6. The molecule has 0 aliphatic rings. The number of rotatable bonds is 6. The molecular weight excluding hydrogens is 570 g/mol. The molecule has 0 unspecified atom stereocenters. The van der Waals surface area contributed by atoms with Crippen LogP contribution < -0.4 is 0 Å². The van der Waals surface area contributed by atoms with E-state index in [9.17, 15) is 50.5 Å². The van der Waals surface area contributed by atoms with Crippen LogP contribution in [0.4, 0.5) is 0 Å². The van der Waals surface area contributed by atoms with E-state index in [1.165, 1.54) is 0 Å². The zero-order chi connectivity index (χ0) is 23.1. The Kier molecular flexibility index (Phi) is 19.1. The van der Waals surface area contributed by atoms with Gasteiger partial charge in [0.2, 0.25) is 15.3 Å². The van der Waals surface area contributed by atoms with E-state index in [1.54, 1.807) is 0 Å². The van der Waals surface area contributed by atoms with Gasteiger partial charge in [0.1, 0.15) is 0 Å². The average Bonchev–Trinajstić information content (AvgIpc) is 1.96. The normalized spacial score (nSPS) is 12.6. The van der Waals surface area contributed by atoms with Gasteiger partial charge in [0.05, 0.1) is 0 Å².